The molecule has 2 saturated carbocycles. The molecule has 2 aromatic rings. The van der Waals surface area contributed by atoms with Crippen LogP contribution < -0.4 is 16.6 Å². The monoisotopic (exact) mass is 402 g/mol. The van der Waals surface area contributed by atoms with Gasteiger partial charge < -0.3 is 10.2 Å². The fraction of sp³-hybridized carbons (Fsp3) is 0.650. The number of aryl methyl sites for hydroxylation is 1. The zero-order valence-corrected chi connectivity index (χ0v) is 17.2. The van der Waals surface area contributed by atoms with Crippen LogP contribution in [0.15, 0.2) is 9.59 Å². The first-order valence-corrected chi connectivity index (χ1v) is 11.1. The number of fused-ring (bicyclic) bond motifs is 1. The Morgan fingerprint density at radius 3 is 2.54 bits per heavy atom. The molecule has 2 amide bonds. The summed E-state index contributed by atoms with van der Waals surface area (Å²) in [4.78, 5) is 42.1. The summed E-state index contributed by atoms with van der Waals surface area (Å²) < 4.78 is 3.37. The minimum absolute atomic E-state index is 0.0316. The predicted molar refractivity (Wildman–Crippen MR) is 109 cm³/mol. The van der Waals surface area contributed by atoms with Crippen LogP contribution in [0.4, 0.5) is 4.79 Å². The van der Waals surface area contributed by atoms with Gasteiger partial charge in [0.05, 0.1) is 11.9 Å². The lowest BCUT2D eigenvalue weighted by Gasteiger charge is -2.26. The minimum atomic E-state index is -0.148. The summed E-state index contributed by atoms with van der Waals surface area (Å²) in [6.45, 7) is 6.57. The SMILES string of the molecule is Cc1c(CN2CCNC2=O)sc2c1c(=O)n([C@H]1C[C@@H]1C)c(=O)n2CC1CCC1. The predicted octanol–water partition coefficient (Wildman–Crippen LogP) is 2.44. The van der Waals surface area contributed by atoms with E-state index in [9.17, 15) is 14.4 Å². The molecule has 0 unspecified atom stereocenters. The second-order valence-electron chi connectivity index (χ2n) is 8.63. The van der Waals surface area contributed by atoms with Crippen LogP contribution in [0.1, 0.15) is 49.1 Å². The third-order valence-electron chi connectivity index (χ3n) is 6.69. The first-order chi connectivity index (χ1) is 13.5. The molecule has 8 heteroatoms. The van der Waals surface area contributed by atoms with Crippen LogP contribution in [-0.2, 0) is 13.1 Å². The molecule has 3 aliphatic rings. The van der Waals surface area contributed by atoms with Crippen LogP contribution in [0, 0.1) is 18.8 Å². The number of hydrogen-bond donors (Lipinski definition) is 1. The molecule has 1 saturated heterocycles. The molecule has 0 aromatic carbocycles. The fourth-order valence-electron chi connectivity index (χ4n) is 4.45. The van der Waals surface area contributed by atoms with E-state index in [1.54, 1.807) is 4.90 Å². The lowest BCUT2D eigenvalue weighted by molar-refractivity contribution is 0.216. The van der Waals surface area contributed by atoms with Gasteiger partial charge >= 0.3 is 11.7 Å². The van der Waals surface area contributed by atoms with E-state index in [-0.39, 0.29) is 23.3 Å². The number of urea groups is 1. The normalized spacial score (nSPS) is 24.6. The number of amides is 2. The van der Waals surface area contributed by atoms with E-state index in [2.05, 4.69) is 12.2 Å². The van der Waals surface area contributed by atoms with E-state index in [4.69, 9.17) is 0 Å². The molecule has 0 bridgehead atoms. The smallest absolute Gasteiger partial charge is 0.332 e. The lowest BCUT2D eigenvalue weighted by Crippen LogP contribution is -2.41. The Kier molecular flexibility index (Phi) is 4.15. The minimum Gasteiger partial charge on any atom is -0.336 e. The van der Waals surface area contributed by atoms with Crippen molar-refractivity contribution in [2.45, 2.75) is 58.7 Å². The summed E-state index contributed by atoms with van der Waals surface area (Å²) in [5, 5.41) is 3.50. The van der Waals surface area contributed by atoms with Crippen LogP contribution in [0.25, 0.3) is 10.2 Å². The van der Waals surface area contributed by atoms with E-state index < -0.39 is 0 Å². The maximum Gasteiger partial charge on any atom is 0.332 e. The van der Waals surface area contributed by atoms with Crippen LogP contribution in [0.2, 0.25) is 0 Å². The molecule has 0 spiro atoms. The summed E-state index contributed by atoms with van der Waals surface area (Å²) in [6.07, 6.45) is 4.42. The summed E-state index contributed by atoms with van der Waals surface area (Å²) in [7, 11) is 0. The van der Waals surface area contributed by atoms with Crippen molar-refractivity contribution < 1.29 is 4.79 Å². The Bertz CT molecular complexity index is 1080. The number of carbonyl (C=O) groups excluding carboxylic acids is 1. The van der Waals surface area contributed by atoms with Gasteiger partial charge in [-0.25, -0.2) is 9.59 Å². The Labute approximate surface area is 166 Å². The van der Waals surface area contributed by atoms with Gasteiger partial charge in [0.25, 0.3) is 5.56 Å². The lowest BCUT2D eigenvalue weighted by atomic mass is 9.85. The fourth-order valence-corrected chi connectivity index (χ4v) is 5.76. The van der Waals surface area contributed by atoms with Crippen molar-refractivity contribution in [2.24, 2.45) is 11.8 Å². The Morgan fingerprint density at radius 2 is 1.96 bits per heavy atom. The van der Waals surface area contributed by atoms with Crippen molar-refractivity contribution in [1.82, 2.24) is 19.4 Å². The second-order valence-corrected chi connectivity index (χ2v) is 9.71. The van der Waals surface area contributed by atoms with Crippen LogP contribution in [0.5, 0.6) is 0 Å². The standard InChI is InChI=1S/C20H26N4O3S/c1-11-8-14(11)24-17(25)16-12(2)15(10-22-7-6-21-19(22)26)28-18(16)23(20(24)27)9-13-4-3-5-13/h11,13-14H,3-10H2,1-2H3,(H,21,26)/t11-,14-/m0/s1. The highest BCUT2D eigenvalue weighted by Crippen LogP contribution is 2.41. The quantitative estimate of drug-likeness (QED) is 0.835. The Hall–Kier alpha value is -2.09. The first kappa shape index (κ1) is 18.0. The Morgan fingerprint density at radius 1 is 1.21 bits per heavy atom. The molecule has 2 aromatic heterocycles. The van der Waals surface area contributed by atoms with Crippen LogP contribution in [0.3, 0.4) is 0 Å². The third kappa shape index (κ3) is 2.72. The molecule has 1 aliphatic heterocycles. The highest BCUT2D eigenvalue weighted by atomic mass is 32.1. The van der Waals surface area contributed by atoms with E-state index in [1.807, 2.05) is 11.5 Å². The van der Waals surface area contributed by atoms with Gasteiger partial charge in [-0.05, 0) is 43.6 Å². The highest BCUT2D eigenvalue weighted by molar-refractivity contribution is 7.18. The van der Waals surface area contributed by atoms with E-state index in [0.29, 0.717) is 43.4 Å². The molecular formula is C20H26N4O3S. The third-order valence-corrected chi connectivity index (χ3v) is 7.99. The summed E-state index contributed by atoms with van der Waals surface area (Å²) in [5.41, 5.74) is 0.629. The molecule has 2 aliphatic carbocycles. The van der Waals surface area contributed by atoms with Crippen LogP contribution in [-0.4, -0.2) is 33.2 Å². The number of hydrogen-bond acceptors (Lipinski definition) is 4. The van der Waals surface area contributed by atoms with Gasteiger partial charge in [0.1, 0.15) is 4.83 Å². The molecular weight excluding hydrogens is 376 g/mol. The zero-order chi connectivity index (χ0) is 19.6. The Balaban J connectivity index is 1.66. The molecule has 1 N–H and O–H groups in total. The molecule has 7 nitrogen and oxygen atoms in total. The van der Waals surface area contributed by atoms with E-state index >= 15 is 0 Å². The number of rotatable bonds is 5. The molecule has 2 atom stereocenters. The molecule has 5 rings (SSSR count). The average molecular weight is 403 g/mol. The number of thiophene rings is 1. The van der Waals surface area contributed by atoms with Gasteiger partial charge in [0.15, 0.2) is 0 Å². The largest absolute Gasteiger partial charge is 0.336 e. The van der Waals surface area contributed by atoms with Crippen molar-refractivity contribution in [2.75, 3.05) is 13.1 Å². The van der Waals surface area contributed by atoms with Gasteiger partial charge in [-0.3, -0.25) is 13.9 Å². The van der Waals surface area contributed by atoms with Gasteiger partial charge in [-0.2, -0.15) is 0 Å². The summed E-state index contributed by atoms with van der Waals surface area (Å²) >= 11 is 1.51. The highest BCUT2D eigenvalue weighted by Gasteiger charge is 2.38. The zero-order valence-electron chi connectivity index (χ0n) is 16.4. The molecule has 28 heavy (non-hydrogen) atoms. The number of nitrogens with one attached hydrogen (secondary N) is 1. The van der Waals surface area contributed by atoms with E-state index in [1.165, 1.54) is 22.3 Å². The summed E-state index contributed by atoms with van der Waals surface area (Å²) in [5.74, 6) is 0.908. The first-order valence-electron chi connectivity index (χ1n) is 10.3. The number of nitrogens with zero attached hydrogens (tertiary/aromatic N) is 3. The van der Waals surface area contributed by atoms with E-state index in [0.717, 1.165) is 34.5 Å². The molecule has 150 valence electrons. The van der Waals surface area contributed by atoms with Gasteiger partial charge in [0.2, 0.25) is 0 Å². The summed E-state index contributed by atoms with van der Waals surface area (Å²) in [6, 6.07) is -0.0305. The average Bonchev–Trinajstić information content (AvgIpc) is 3.03. The molecule has 3 fully saturated rings. The van der Waals surface area contributed by atoms with Gasteiger partial charge in [-0.1, -0.05) is 13.3 Å². The van der Waals surface area contributed by atoms with Gasteiger partial charge in [-0.15, -0.1) is 11.3 Å². The maximum absolute atomic E-state index is 13.3. The van der Waals surface area contributed by atoms with Crippen molar-refractivity contribution >= 4 is 27.6 Å². The van der Waals surface area contributed by atoms with Crippen molar-refractivity contribution in [3.8, 4) is 0 Å². The number of carbonyl (C=O) groups is 1. The van der Waals surface area contributed by atoms with Crippen molar-refractivity contribution in [3.63, 3.8) is 0 Å². The molecule has 3 heterocycles. The second kappa shape index (κ2) is 6.47. The van der Waals surface area contributed by atoms with Crippen molar-refractivity contribution in [1.29, 1.82) is 0 Å². The van der Waals surface area contributed by atoms with Gasteiger partial charge in [0, 0.05) is 30.6 Å². The maximum atomic E-state index is 13.3. The van der Waals surface area contributed by atoms with Crippen molar-refractivity contribution in [3.05, 3.63) is 31.3 Å². The van der Waals surface area contributed by atoms with Crippen LogP contribution >= 0.6 is 11.3 Å². The molecule has 0 radical (unpaired) electrons. The number of aromatic nitrogens is 2. The topological polar surface area (TPSA) is 76.3 Å².